The van der Waals surface area contributed by atoms with Crippen molar-refractivity contribution in [1.29, 1.82) is 0 Å². The van der Waals surface area contributed by atoms with E-state index in [1.54, 1.807) is 0 Å². The van der Waals surface area contributed by atoms with Crippen LogP contribution < -0.4 is 9.80 Å². The Morgan fingerprint density at radius 1 is 0.403 bits per heavy atom. The summed E-state index contributed by atoms with van der Waals surface area (Å²) in [4.78, 5) is 9.46. The molecule has 0 amide bonds. The molecule has 0 saturated heterocycles. The van der Waals surface area contributed by atoms with Gasteiger partial charge in [-0.25, -0.2) is 4.98 Å². The summed E-state index contributed by atoms with van der Waals surface area (Å²) in [7, 11) is 0. The second kappa shape index (κ2) is 15.5. The molecular formula is C57H42N4O. The summed E-state index contributed by atoms with van der Waals surface area (Å²) in [6, 6.07) is 77.5. The standard InChI is InChI=1S/C57H42N4O/c1-39-40(2)50(57-58-53-25-15-16-26-56(53)62-57)34-33-49(39)41-27-29-46(30-28-41)61-54-35-31-47(59(42-17-7-3-8-18-42)43-19-9-4-10-20-43)37-51(54)52-38-48(32-36-55(52)61)60(44-21-11-5-12-22-44)45-23-13-6-14-24-45/h3-38H,1-2H3. The number of fused-ring (bicyclic) bond motifs is 4. The van der Waals surface area contributed by atoms with E-state index in [-0.39, 0.29) is 0 Å². The van der Waals surface area contributed by atoms with E-state index in [1.165, 1.54) is 21.9 Å². The van der Waals surface area contributed by atoms with Gasteiger partial charge in [-0.2, -0.15) is 0 Å². The summed E-state index contributed by atoms with van der Waals surface area (Å²) in [5.74, 6) is 0.651. The molecule has 0 aliphatic rings. The number of rotatable bonds is 9. The summed E-state index contributed by atoms with van der Waals surface area (Å²) in [5, 5.41) is 2.34. The minimum absolute atomic E-state index is 0.651. The minimum atomic E-state index is 0.651. The van der Waals surface area contributed by atoms with E-state index in [4.69, 9.17) is 9.40 Å². The van der Waals surface area contributed by atoms with Crippen LogP contribution >= 0.6 is 0 Å². The normalized spacial score (nSPS) is 11.4. The highest BCUT2D eigenvalue weighted by Gasteiger charge is 2.21. The number of para-hydroxylation sites is 6. The molecule has 11 aromatic rings. The van der Waals surface area contributed by atoms with Crippen LogP contribution in [0.5, 0.6) is 0 Å². The summed E-state index contributed by atoms with van der Waals surface area (Å²) in [6.45, 7) is 4.35. The van der Waals surface area contributed by atoms with E-state index in [2.05, 4.69) is 222 Å². The number of hydrogen-bond acceptors (Lipinski definition) is 4. The number of nitrogens with zero attached hydrogens (tertiary/aromatic N) is 4. The molecule has 0 N–H and O–H groups in total. The van der Waals surface area contributed by atoms with Crippen molar-refractivity contribution in [2.75, 3.05) is 9.80 Å². The molecule has 0 fully saturated rings. The third-order valence-corrected chi connectivity index (χ3v) is 12.1. The molecule has 0 unspecified atom stereocenters. The van der Waals surface area contributed by atoms with Crippen molar-refractivity contribution in [3.63, 3.8) is 0 Å². The Kier molecular flexibility index (Phi) is 9.20. The maximum Gasteiger partial charge on any atom is 0.227 e. The predicted octanol–water partition coefficient (Wildman–Crippen LogP) is 15.8. The second-order valence-corrected chi connectivity index (χ2v) is 15.7. The highest BCUT2D eigenvalue weighted by molar-refractivity contribution is 6.12. The Hall–Kier alpha value is -8.15. The number of anilines is 6. The molecule has 0 bridgehead atoms. The SMILES string of the molecule is Cc1c(-c2ccc(-n3c4ccc(N(c5ccccc5)c5ccccc5)cc4c4cc(N(c5ccccc5)c5ccccc5)ccc43)cc2)ccc(-c2nc3ccccc3o2)c1C. The molecule has 0 aliphatic carbocycles. The lowest BCUT2D eigenvalue weighted by atomic mass is 9.93. The molecule has 0 spiro atoms. The average molecular weight is 799 g/mol. The zero-order valence-electron chi connectivity index (χ0n) is 34.5. The van der Waals surface area contributed by atoms with Crippen LogP contribution in [0.15, 0.2) is 223 Å². The van der Waals surface area contributed by atoms with Crippen molar-refractivity contribution in [2.45, 2.75) is 13.8 Å². The molecule has 2 heterocycles. The highest BCUT2D eigenvalue weighted by Crippen LogP contribution is 2.43. The van der Waals surface area contributed by atoms with Gasteiger partial charge in [0, 0.05) is 56.1 Å². The molecule has 0 atom stereocenters. The number of benzene rings is 9. The summed E-state index contributed by atoms with van der Waals surface area (Å²) in [6.07, 6.45) is 0. The fourth-order valence-electron chi connectivity index (χ4n) is 8.90. The van der Waals surface area contributed by atoms with Gasteiger partial charge in [-0.15, -0.1) is 0 Å². The minimum Gasteiger partial charge on any atom is -0.436 e. The van der Waals surface area contributed by atoms with Crippen molar-refractivity contribution < 1.29 is 4.42 Å². The van der Waals surface area contributed by atoms with Gasteiger partial charge in [0.25, 0.3) is 0 Å². The lowest BCUT2D eigenvalue weighted by Gasteiger charge is -2.26. The van der Waals surface area contributed by atoms with Crippen LogP contribution in [0.1, 0.15) is 11.1 Å². The van der Waals surface area contributed by atoms with Crippen molar-refractivity contribution >= 4 is 67.0 Å². The Labute approximate surface area is 361 Å². The van der Waals surface area contributed by atoms with Gasteiger partial charge in [-0.05, 0) is 151 Å². The van der Waals surface area contributed by atoms with Gasteiger partial charge in [0.05, 0.1) is 11.0 Å². The summed E-state index contributed by atoms with van der Waals surface area (Å²) < 4.78 is 8.58. The van der Waals surface area contributed by atoms with E-state index in [0.29, 0.717) is 5.89 Å². The fraction of sp³-hybridized carbons (Fsp3) is 0.0351. The van der Waals surface area contributed by atoms with Crippen molar-refractivity contribution in [3.05, 3.63) is 230 Å². The quantitative estimate of drug-likeness (QED) is 0.146. The lowest BCUT2D eigenvalue weighted by molar-refractivity contribution is 0.619. The first kappa shape index (κ1) is 36.9. The van der Waals surface area contributed by atoms with Gasteiger partial charge in [0.1, 0.15) is 5.52 Å². The zero-order chi connectivity index (χ0) is 41.6. The predicted molar refractivity (Wildman–Crippen MR) is 258 cm³/mol. The Morgan fingerprint density at radius 2 is 0.839 bits per heavy atom. The number of hydrogen-bond donors (Lipinski definition) is 0. The van der Waals surface area contributed by atoms with Crippen LogP contribution in [0.25, 0.3) is 61.2 Å². The van der Waals surface area contributed by atoms with Crippen LogP contribution in [0, 0.1) is 13.8 Å². The first-order valence-corrected chi connectivity index (χ1v) is 21.0. The third-order valence-electron chi connectivity index (χ3n) is 12.1. The van der Waals surface area contributed by atoms with E-state index < -0.39 is 0 Å². The van der Waals surface area contributed by atoms with Crippen LogP contribution in [0.4, 0.5) is 34.1 Å². The van der Waals surface area contributed by atoms with Gasteiger partial charge >= 0.3 is 0 Å². The monoisotopic (exact) mass is 798 g/mol. The highest BCUT2D eigenvalue weighted by atomic mass is 16.3. The maximum atomic E-state index is 6.17. The first-order valence-electron chi connectivity index (χ1n) is 21.0. The van der Waals surface area contributed by atoms with Gasteiger partial charge in [0.2, 0.25) is 5.89 Å². The fourth-order valence-corrected chi connectivity index (χ4v) is 8.90. The maximum absolute atomic E-state index is 6.17. The Morgan fingerprint density at radius 3 is 1.32 bits per heavy atom. The van der Waals surface area contributed by atoms with Gasteiger partial charge in [-0.3, -0.25) is 0 Å². The molecule has 0 aliphatic heterocycles. The van der Waals surface area contributed by atoms with Gasteiger partial charge in [-0.1, -0.05) is 103 Å². The topological polar surface area (TPSA) is 37.4 Å². The van der Waals surface area contributed by atoms with E-state index in [0.717, 1.165) is 78.6 Å². The molecule has 2 aromatic heterocycles. The molecule has 0 radical (unpaired) electrons. The third kappa shape index (κ3) is 6.48. The molecule has 296 valence electrons. The summed E-state index contributed by atoms with van der Waals surface area (Å²) in [5.41, 5.74) is 17.3. The number of oxazole rings is 1. The Bertz CT molecular complexity index is 3100. The van der Waals surface area contributed by atoms with Crippen LogP contribution in [0.2, 0.25) is 0 Å². The molecule has 11 rings (SSSR count). The molecule has 5 nitrogen and oxygen atoms in total. The van der Waals surface area contributed by atoms with E-state index in [1.807, 2.05) is 24.3 Å². The lowest BCUT2D eigenvalue weighted by Crippen LogP contribution is -2.09. The molecule has 62 heavy (non-hydrogen) atoms. The van der Waals surface area contributed by atoms with E-state index >= 15 is 0 Å². The van der Waals surface area contributed by atoms with E-state index in [9.17, 15) is 0 Å². The van der Waals surface area contributed by atoms with Crippen molar-refractivity contribution in [2.24, 2.45) is 0 Å². The molecule has 5 heteroatoms. The van der Waals surface area contributed by atoms with Crippen molar-refractivity contribution in [1.82, 2.24) is 9.55 Å². The average Bonchev–Trinajstić information content (AvgIpc) is 3.91. The molecular weight excluding hydrogens is 757 g/mol. The second-order valence-electron chi connectivity index (χ2n) is 15.7. The summed E-state index contributed by atoms with van der Waals surface area (Å²) >= 11 is 0. The molecule has 0 saturated carbocycles. The molecule has 9 aromatic carbocycles. The first-order chi connectivity index (χ1) is 30.6. The Balaban J connectivity index is 1.06. The van der Waals surface area contributed by atoms with Gasteiger partial charge in [0.15, 0.2) is 5.58 Å². The smallest absolute Gasteiger partial charge is 0.227 e. The van der Waals surface area contributed by atoms with Crippen LogP contribution in [0.3, 0.4) is 0 Å². The van der Waals surface area contributed by atoms with Crippen LogP contribution in [-0.2, 0) is 0 Å². The van der Waals surface area contributed by atoms with Crippen LogP contribution in [-0.4, -0.2) is 9.55 Å². The number of aromatic nitrogens is 2. The largest absolute Gasteiger partial charge is 0.436 e. The zero-order valence-corrected chi connectivity index (χ0v) is 34.5. The van der Waals surface area contributed by atoms with Gasteiger partial charge < -0.3 is 18.8 Å². The van der Waals surface area contributed by atoms with Crippen molar-refractivity contribution in [3.8, 4) is 28.3 Å².